The van der Waals surface area contributed by atoms with Crippen molar-refractivity contribution in [2.75, 3.05) is 11.9 Å². The average Bonchev–Trinajstić information content (AvgIpc) is 2.47. The minimum atomic E-state index is -0.136. The molecular weight excluding hydrogens is 321 g/mol. The zero-order valence-corrected chi connectivity index (χ0v) is 13.2. The Balaban J connectivity index is 1.83. The smallest absolute Gasteiger partial charge is 0.279 e. The van der Waals surface area contributed by atoms with Crippen LogP contribution < -0.4 is 10.6 Å². The molecule has 2 rings (SSSR count). The number of nitrogens with one attached hydrogen (secondary N) is 1. The number of rotatable bonds is 5. The van der Waals surface area contributed by atoms with Gasteiger partial charge in [0.05, 0.1) is 10.6 Å². The van der Waals surface area contributed by atoms with Crippen molar-refractivity contribution in [1.82, 2.24) is 0 Å². The SMILES string of the molecule is N#Cc1ccc(NC(=O)C[NH2+]Cc2cccc(Cl)c2)cc1Cl. The first-order valence-electron chi connectivity index (χ1n) is 6.64. The monoisotopic (exact) mass is 334 g/mol. The van der Waals surface area contributed by atoms with Gasteiger partial charge in [-0.1, -0.05) is 35.3 Å². The molecule has 0 saturated heterocycles. The topological polar surface area (TPSA) is 69.5 Å². The first kappa shape index (κ1) is 16.3. The Kier molecular flexibility index (Phi) is 5.79. The van der Waals surface area contributed by atoms with E-state index in [1.54, 1.807) is 18.2 Å². The summed E-state index contributed by atoms with van der Waals surface area (Å²) in [7, 11) is 0. The van der Waals surface area contributed by atoms with E-state index in [1.165, 1.54) is 0 Å². The molecule has 0 bridgehead atoms. The second-order valence-electron chi connectivity index (χ2n) is 4.68. The van der Waals surface area contributed by atoms with Crippen molar-refractivity contribution in [3.8, 4) is 6.07 Å². The standard InChI is InChI=1S/C16H13Cl2N3O/c17-13-3-1-2-11(6-13)9-20-10-16(22)21-14-5-4-12(8-19)15(18)7-14/h1-7,20H,9-10H2,(H,21,22)/p+1. The van der Waals surface area contributed by atoms with Crippen LogP contribution in [-0.2, 0) is 11.3 Å². The van der Waals surface area contributed by atoms with Gasteiger partial charge in [0.2, 0.25) is 0 Å². The minimum absolute atomic E-state index is 0.136. The molecule has 0 aliphatic rings. The molecule has 2 aromatic rings. The second kappa shape index (κ2) is 7.81. The Bertz CT molecular complexity index is 726. The van der Waals surface area contributed by atoms with Crippen LogP contribution in [0.25, 0.3) is 0 Å². The molecule has 0 aliphatic heterocycles. The summed E-state index contributed by atoms with van der Waals surface area (Å²) in [5.74, 6) is -0.136. The van der Waals surface area contributed by atoms with E-state index >= 15 is 0 Å². The number of nitrogens with two attached hydrogens (primary N) is 1. The highest BCUT2D eigenvalue weighted by molar-refractivity contribution is 6.32. The lowest BCUT2D eigenvalue weighted by Gasteiger charge is -2.06. The summed E-state index contributed by atoms with van der Waals surface area (Å²) in [6, 6.07) is 14.3. The molecule has 112 valence electrons. The molecule has 2 aromatic carbocycles. The quantitative estimate of drug-likeness (QED) is 0.882. The third-order valence-corrected chi connectivity index (χ3v) is 3.52. The highest BCUT2D eigenvalue weighted by Gasteiger charge is 2.07. The van der Waals surface area contributed by atoms with Crippen LogP contribution in [-0.4, -0.2) is 12.5 Å². The highest BCUT2D eigenvalue weighted by atomic mass is 35.5. The molecule has 0 radical (unpaired) electrons. The largest absolute Gasteiger partial charge is 0.335 e. The number of hydrogen-bond donors (Lipinski definition) is 2. The molecule has 1 amide bonds. The zero-order valence-electron chi connectivity index (χ0n) is 11.6. The predicted molar refractivity (Wildman–Crippen MR) is 86.7 cm³/mol. The van der Waals surface area contributed by atoms with Gasteiger partial charge in [0.15, 0.2) is 6.54 Å². The number of carbonyl (C=O) groups is 1. The zero-order chi connectivity index (χ0) is 15.9. The fourth-order valence-electron chi connectivity index (χ4n) is 1.93. The Morgan fingerprint density at radius 3 is 2.73 bits per heavy atom. The number of halogens is 2. The molecule has 0 heterocycles. The number of hydrogen-bond acceptors (Lipinski definition) is 2. The molecule has 0 spiro atoms. The fraction of sp³-hybridized carbons (Fsp3) is 0.125. The summed E-state index contributed by atoms with van der Waals surface area (Å²) in [5, 5.41) is 14.4. The first-order chi connectivity index (χ1) is 10.6. The third-order valence-electron chi connectivity index (χ3n) is 2.97. The maximum Gasteiger partial charge on any atom is 0.279 e. The molecule has 0 saturated carbocycles. The van der Waals surface area contributed by atoms with Crippen molar-refractivity contribution in [2.24, 2.45) is 0 Å². The van der Waals surface area contributed by atoms with Crippen LogP contribution in [0.2, 0.25) is 10.0 Å². The van der Waals surface area contributed by atoms with Gasteiger partial charge in [0, 0.05) is 16.3 Å². The lowest BCUT2D eigenvalue weighted by atomic mass is 10.2. The van der Waals surface area contributed by atoms with Crippen LogP contribution in [0.4, 0.5) is 5.69 Å². The van der Waals surface area contributed by atoms with Crippen LogP contribution in [0, 0.1) is 11.3 Å². The number of anilines is 1. The van der Waals surface area contributed by atoms with Crippen molar-refractivity contribution in [3.63, 3.8) is 0 Å². The Labute approximate surface area is 138 Å². The minimum Gasteiger partial charge on any atom is -0.335 e. The summed E-state index contributed by atoms with van der Waals surface area (Å²) >= 11 is 11.8. The molecule has 0 aliphatic carbocycles. The molecule has 0 aromatic heterocycles. The van der Waals surface area contributed by atoms with Crippen molar-refractivity contribution >= 4 is 34.8 Å². The van der Waals surface area contributed by atoms with E-state index in [0.717, 1.165) is 5.56 Å². The summed E-state index contributed by atoms with van der Waals surface area (Å²) in [5.41, 5.74) is 2.01. The Morgan fingerprint density at radius 1 is 1.23 bits per heavy atom. The molecule has 4 nitrogen and oxygen atoms in total. The fourth-order valence-corrected chi connectivity index (χ4v) is 2.37. The van der Waals surface area contributed by atoms with Crippen LogP contribution in [0.5, 0.6) is 0 Å². The first-order valence-corrected chi connectivity index (χ1v) is 7.39. The molecule has 22 heavy (non-hydrogen) atoms. The summed E-state index contributed by atoms with van der Waals surface area (Å²) in [6.07, 6.45) is 0. The maximum atomic E-state index is 11.9. The molecule has 0 unspecified atom stereocenters. The van der Waals surface area contributed by atoms with Gasteiger partial charge >= 0.3 is 0 Å². The predicted octanol–water partition coefficient (Wildman–Crippen LogP) is 2.57. The molecule has 0 fully saturated rings. The van der Waals surface area contributed by atoms with Crippen molar-refractivity contribution in [2.45, 2.75) is 6.54 Å². The van der Waals surface area contributed by atoms with Crippen LogP contribution >= 0.6 is 23.2 Å². The molecular formula is C16H14Cl2N3O+. The van der Waals surface area contributed by atoms with Crippen LogP contribution in [0.15, 0.2) is 42.5 Å². The normalized spacial score (nSPS) is 10.0. The summed E-state index contributed by atoms with van der Waals surface area (Å²) < 4.78 is 0. The average molecular weight is 335 g/mol. The van der Waals surface area contributed by atoms with Gasteiger partial charge in [-0.05, 0) is 30.3 Å². The van der Waals surface area contributed by atoms with Crippen molar-refractivity contribution in [1.29, 1.82) is 5.26 Å². The van der Waals surface area contributed by atoms with Crippen molar-refractivity contribution < 1.29 is 10.1 Å². The van der Waals surface area contributed by atoms with Crippen molar-refractivity contribution in [3.05, 3.63) is 63.6 Å². The third kappa shape index (κ3) is 4.74. The van der Waals surface area contributed by atoms with E-state index in [0.29, 0.717) is 27.8 Å². The summed E-state index contributed by atoms with van der Waals surface area (Å²) in [6.45, 7) is 0.951. The van der Waals surface area contributed by atoms with E-state index in [4.69, 9.17) is 28.5 Å². The highest BCUT2D eigenvalue weighted by Crippen LogP contribution is 2.19. The summed E-state index contributed by atoms with van der Waals surface area (Å²) in [4.78, 5) is 11.9. The van der Waals surface area contributed by atoms with E-state index in [9.17, 15) is 4.79 Å². The second-order valence-corrected chi connectivity index (χ2v) is 5.53. The lowest BCUT2D eigenvalue weighted by Crippen LogP contribution is -2.84. The maximum absolute atomic E-state index is 11.9. The van der Waals surface area contributed by atoms with E-state index in [2.05, 4.69) is 5.32 Å². The van der Waals surface area contributed by atoms with Gasteiger partial charge in [-0.25, -0.2) is 0 Å². The number of quaternary nitrogens is 1. The Hall–Kier alpha value is -2.06. The van der Waals surface area contributed by atoms with Crippen LogP contribution in [0.1, 0.15) is 11.1 Å². The molecule has 3 N–H and O–H groups in total. The van der Waals surface area contributed by atoms with Gasteiger partial charge in [0.1, 0.15) is 12.6 Å². The van der Waals surface area contributed by atoms with E-state index in [1.807, 2.05) is 35.7 Å². The number of carbonyl (C=O) groups excluding carboxylic acids is 1. The van der Waals surface area contributed by atoms with E-state index < -0.39 is 0 Å². The number of nitriles is 1. The van der Waals surface area contributed by atoms with Gasteiger partial charge < -0.3 is 10.6 Å². The van der Waals surface area contributed by atoms with Gasteiger partial charge in [-0.15, -0.1) is 0 Å². The number of benzene rings is 2. The van der Waals surface area contributed by atoms with Gasteiger partial charge in [0.25, 0.3) is 5.91 Å². The number of amides is 1. The van der Waals surface area contributed by atoms with Gasteiger partial charge in [-0.3, -0.25) is 4.79 Å². The molecule has 6 heteroatoms. The molecule has 0 atom stereocenters. The van der Waals surface area contributed by atoms with Gasteiger partial charge in [-0.2, -0.15) is 5.26 Å². The Morgan fingerprint density at radius 2 is 2.05 bits per heavy atom. The van der Waals surface area contributed by atoms with E-state index in [-0.39, 0.29) is 12.5 Å². The lowest BCUT2D eigenvalue weighted by molar-refractivity contribution is -0.659. The van der Waals surface area contributed by atoms with Crippen LogP contribution in [0.3, 0.4) is 0 Å². The number of nitrogens with zero attached hydrogens (tertiary/aromatic N) is 1.